The molecule has 0 fully saturated rings. The van der Waals surface area contributed by atoms with E-state index in [0.29, 0.717) is 6.61 Å². The predicted octanol–water partition coefficient (Wildman–Crippen LogP) is 3.82. The fourth-order valence-electron chi connectivity index (χ4n) is 3.19. The Labute approximate surface area is 141 Å². The maximum atomic E-state index is 5.90. The summed E-state index contributed by atoms with van der Waals surface area (Å²) in [6.45, 7) is 1.59. The van der Waals surface area contributed by atoms with Gasteiger partial charge in [0.2, 0.25) is 0 Å². The summed E-state index contributed by atoms with van der Waals surface area (Å²) < 4.78 is 8.14. The lowest BCUT2D eigenvalue weighted by Crippen LogP contribution is -2.19. The minimum absolute atomic E-state index is 0.688. The van der Waals surface area contributed by atoms with Crippen LogP contribution in [0.15, 0.2) is 48.7 Å². The number of likely N-dealkylation sites (N-methyl/N-ethyl adjacent to an activating group) is 1. The normalized spacial score (nSPS) is 11.8. The van der Waals surface area contributed by atoms with Gasteiger partial charge < -0.3 is 14.2 Å². The highest BCUT2D eigenvalue weighted by Crippen LogP contribution is 2.33. The number of pyridine rings is 1. The smallest absolute Gasteiger partial charge is 0.120 e. The van der Waals surface area contributed by atoms with Gasteiger partial charge in [-0.2, -0.15) is 0 Å². The van der Waals surface area contributed by atoms with Crippen molar-refractivity contribution in [1.82, 2.24) is 14.5 Å². The van der Waals surface area contributed by atoms with Gasteiger partial charge in [-0.3, -0.25) is 4.98 Å². The van der Waals surface area contributed by atoms with Gasteiger partial charge in [-0.25, -0.2) is 0 Å². The van der Waals surface area contributed by atoms with Crippen LogP contribution in [0.25, 0.3) is 32.7 Å². The molecular formula is C20H21N3O. The van der Waals surface area contributed by atoms with Gasteiger partial charge in [0.1, 0.15) is 12.4 Å². The Hall–Kier alpha value is -2.59. The molecule has 4 heteroatoms. The lowest BCUT2D eigenvalue weighted by atomic mass is 10.1. The number of aryl methyl sites for hydroxylation is 1. The highest BCUT2D eigenvalue weighted by atomic mass is 16.5. The fourth-order valence-corrected chi connectivity index (χ4v) is 3.19. The molecule has 2 aromatic carbocycles. The fraction of sp³-hybridized carbons (Fsp3) is 0.250. The SMILES string of the molecule is CN(C)CCOc1ccc2c(c1)c1cc3ncccc3cc1n2C. The number of fused-ring (bicyclic) bond motifs is 4. The van der Waals surface area contributed by atoms with Gasteiger partial charge >= 0.3 is 0 Å². The Balaban J connectivity index is 1.85. The van der Waals surface area contributed by atoms with Crippen LogP contribution in [-0.4, -0.2) is 41.7 Å². The standard InChI is InChI=1S/C20H21N3O/c1-22(2)9-10-24-15-6-7-19-16(12-15)17-13-18-14(5-4-8-21-18)11-20(17)23(19)3/h4-8,11-13H,9-10H2,1-3H3. The van der Waals surface area contributed by atoms with Gasteiger partial charge in [0.25, 0.3) is 0 Å². The topological polar surface area (TPSA) is 30.3 Å². The van der Waals surface area contributed by atoms with Crippen molar-refractivity contribution in [1.29, 1.82) is 0 Å². The number of rotatable bonds is 4. The predicted molar refractivity (Wildman–Crippen MR) is 99.8 cm³/mol. The molecule has 0 aliphatic rings. The molecule has 0 radical (unpaired) electrons. The number of hydrogen-bond donors (Lipinski definition) is 0. The largest absolute Gasteiger partial charge is 0.492 e. The average Bonchev–Trinajstić information content (AvgIpc) is 2.85. The number of hydrogen-bond acceptors (Lipinski definition) is 3. The second-order valence-electron chi connectivity index (χ2n) is 6.46. The zero-order valence-corrected chi connectivity index (χ0v) is 14.3. The molecule has 4 rings (SSSR count). The maximum Gasteiger partial charge on any atom is 0.120 e. The van der Waals surface area contributed by atoms with Crippen molar-refractivity contribution >= 4 is 32.7 Å². The van der Waals surface area contributed by atoms with Crippen LogP contribution in [0.1, 0.15) is 0 Å². The Morgan fingerprint density at radius 2 is 1.88 bits per heavy atom. The molecule has 0 spiro atoms. The van der Waals surface area contributed by atoms with Gasteiger partial charge in [0, 0.05) is 47.0 Å². The zero-order valence-electron chi connectivity index (χ0n) is 14.3. The first kappa shape index (κ1) is 15.0. The van der Waals surface area contributed by atoms with E-state index in [0.717, 1.165) is 17.8 Å². The van der Waals surface area contributed by atoms with E-state index in [9.17, 15) is 0 Å². The van der Waals surface area contributed by atoms with E-state index in [1.807, 2.05) is 12.3 Å². The van der Waals surface area contributed by atoms with Gasteiger partial charge in [-0.05, 0) is 50.5 Å². The Kier molecular flexibility index (Phi) is 3.62. The number of aromatic nitrogens is 2. The molecule has 0 saturated heterocycles. The molecule has 0 aliphatic carbocycles. The summed E-state index contributed by atoms with van der Waals surface area (Å²) in [7, 11) is 6.21. The molecule has 0 unspecified atom stereocenters. The van der Waals surface area contributed by atoms with Crippen LogP contribution in [0.2, 0.25) is 0 Å². The summed E-state index contributed by atoms with van der Waals surface area (Å²) in [5.74, 6) is 0.915. The second kappa shape index (κ2) is 5.80. The minimum atomic E-state index is 0.688. The van der Waals surface area contributed by atoms with Gasteiger partial charge in [-0.15, -0.1) is 0 Å². The molecular weight excluding hydrogens is 298 g/mol. The summed E-state index contributed by atoms with van der Waals surface area (Å²) in [5.41, 5.74) is 3.45. The maximum absolute atomic E-state index is 5.90. The van der Waals surface area contributed by atoms with Crippen molar-refractivity contribution in [2.45, 2.75) is 0 Å². The van der Waals surface area contributed by atoms with E-state index >= 15 is 0 Å². The third kappa shape index (κ3) is 2.49. The lowest BCUT2D eigenvalue weighted by Gasteiger charge is -2.11. The van der Waals surface area contributed by atoms with Crippen LogP contribution in [-0.2, 0) is 7.05 Å². The van der Waals surface area contributed by atoms with Crippen molar-refractivity contribution in [3.05, 3.63) is 48.7 Å². The first-order valence-electron chi connectivity index (χ1n) is 8.18. The molecule has 122 valence electrons. The summed E-state index contributed by atoms with van der Waals surface area (Å²) in [6.07, 6.45) is 1.84. The number of nitrogens with zero attached hydrogens (tertiary/aromatic N) is 3. The van der Waals surface area contributed by atoms with E-state index < -0.39 is 0 Å². The van der Waals surface area contributed by atoms with Gasteiger partial charge in [0.05, 0.1) is 5.52 Å². The second-order valence-corrected chi connectivity index (χ2v) is 6.46. The van der Waals surface area contributed by atoms with Crippen LogP contribution in [0.4, 0.5) is 0 Å². The molecule has 2 aromatic heterocycles. The van der Waals surface area contributed by atoms with Crippen LogP contribution in [0.3, 0.4) is 0 Å². The Morgan fingerprint density at radius 1 is 1.04 bits per heavy atom. The van der Waals surface area contributed by atoms with E-state index in [1.54, 1.807) is 0 Å². The van der Waals surface area contributed by atoms with E-state index in [-0.39, 0.29) is 0 Å². The molecule has 4 aromatic rings. The Bertz CT molecular complexity index is 1030. The Morgan fingerprint density at radius 3 is 2.71 bits per heavy atom. The highest BCUT2D eigenvalue weighted by molar-refractivity contribution is 6.12. The number of ether oxygens (including phenoxy) is 1. The average molecular weight is 319 g/mol. The highest BCUT2D eigenvalue weighted by Gasteiger charge is 2.11. The molecule has 0 amide bonds. The quantitative estimate of drug-likeness (QED) is 0.573. The molecule has 4 nitrogen and oxygen atoms in total. The van der Waals surface area contributed by atoms with Gasteiger partial charge in [0.15, 0.2) is 0 Å². The summed E-state index contributed by atoms with van der Waals surface area (Å²) in [5, 5.41) is 3.59. The van der Waals surface area contributed by atoms with Gasteiger partial charge in [-0.1, -0.05) is 6.07 Å². The lowest BCUT2D eigenvalue weighted by molar-refractivity contribution is 0.261. The van der Waals surface area contributed by atoms with Crippen LogP contribution in [0, 0.1) is 0 Å². The van der Waals surface area contributed by atoms with Crippen LogP contribution >= 0.6 is 0 Å². The van der Waals surface area contributed by atoms with Crippen molar-refractivity contribution in [2.24, 2.45) is 7.05 Å². The van der Waals surface area contributed by atoms with Crippen molar-refractivity contribution < 1.29 is 4.74 Å². The zero-order chi connectivity index (χ0) is 16.7. The monoisotopic (exact) mass is 319 g/mol. The molecule has 0 bridgehead atoms. The number of benzene rings is 2. The minimum Gasteiger partial charge on any atom is -0.492 e. The van der Waals surface area contributed by atoms with Crippen molar-refractivity contribution in [2.75, 3.05) is 27.2 Å². The van der Waals surface area contributed by atoms with E-state index in [2.05, 4.69) is 72.0 Å². The first-order valence-corrected chi connectivity index (χ1v) is 8.18. The van der Waals surface area contributed by atoms with E-state index in [1.165, 1.54) is 27.2 Å². The summed E-state index contributed by atoms with van der Waals surface area (Å²) in [6, 6.07) is 14.8. The molecule has 0 aliphatic heterocycles. The molecule has 0 saturated carbocycles. The van der Waals surface area contributed by atoms with Crippen molar-refractivity contribution in [3.63, 3.8) is 0 Å². The first-order chi connectivity index (χ1) is 11.6. The molecule has 24 heavy (non-hydrogen) atoms. The molecule has 0 atom stereocenters. The van der Waals surface area contributed by atoms with Crippen molar-refractivity contribution in [3.8, 4) is 5.75 Å². The third-order valence-electron chi connectivity index (χ3n) is 4.51. The van der Waals surface area contributed by atoms with Crippen LogP contribution in [0.5, 0.6) is 5.75 Å². The van der Waals surface area contributed by atoms with Crippen LogP contribution < -0.4 is 4.74 Å². The third-order valence-corrected chi connectivity index (χ3v) is 4.51. The summed E-state index contributed by atoms with van der Waals surface area (Å²) >= 11 is 0. The molecule has 2 heterocycles. The van der Waals surface area contributed by atoms with E-state index in [4.69, 9.17) is 4.74 Å². The summed E-state index contributed by atoms with van der Waals surface area (Å²) in [4.78, 5) is 6.61. The molecule has 0 N–H and O–H groups in total.